The van der Waals surface area contributed by atoms with E-state index in [9.17, 15) is 9.59 Å². The fourth-order valence-corrected chi connectivity index (χ4v) is 3.00. The van der Waals surface area contributed by atoms with Gasteiger partial charge in [0, 0.05) is 10.7 Å². The average Bonchev–Trinajstić information content (AvgIpc) is 3.20. The molecule has 0 saturated heterocycles. The van der Waals surface area contributed by atoms with Gasteiger partial charge in [-0.1, -0.05) is 41.4 Å². The maximum absolute atomic E-state index is 12.7. The Hall–Kier alpha value is -2.96. The van der Waals surface area contributed by atoms with Crippen LogP contribution >= 0.6 is 23.2 Å². The fraction of sp³-hybridized carbons (Fsp3) is 0.143. The number of carbonyl (C=O) groups is 2. The monoisotopic (exact) mass is 432 g/mol. The fourth-order valence-electron chi connectivity index (χ4n) is 2.54. The number of nitrogens with zero attached hydrogens (tertiary/aromatic N) is 1. The summed E-state index contributed by atoms with van der Waals surface area (Å²) < 4.78 is 10.8. The molecule has 3 aromatic rings. The van der Waals surface area contributed by atoms with Crippen molar-refractivity contribution in [2.45, 2.75) is 6.54 Å². The highest BCUT2D eigenvalue weighted by molar-refractivity contribution is 6.35. The lowest BCUT2D eigenvalue weighted by Crippen LogP contribution is -2.40. The lowest BCUT2D eigenvalue weighted by molar-refractivity contribution is -0.137. The van der Waals surface area contributed by atoms with E-state index in [1.165, 1.54) is 17.2 Å². The first-order chi connectivity index (χ1) is 14.0. The van der Waals surface area contributed by atoms with Crippen molar-refractivity contribution in [2.75, 3.05) is 18.5 Å². The van der Waals surface area contributed by atoms with Gasteiger partial charge in [-0.15, -0.1) is 0 Å². The number of carbonyl (C=O) groups excluding carboxylic acids is 2. The number of amides is 2. The van der Waals surface area contributed by atoms with Crippen molar-refractivity contribution in [3.05, 3.63) is 82.7 Å². The molecular weight excluding hydrogens is 415 g/mol. The third kappa shape index (κ3) is 6.27. The normalized spacial score (nSPS) is 10.4. The van der Waals surface area contributed by atoms with E-state index in [0.717, 1.165) is 0 Å². The summed E-state index contributed by atoms with van der Waals surface area (Å²) >= 11 is 11.9. The van der Waals surface area contributed by atoms with E-state index in [-0.39, 0.29) is 25.6 Å². The number of rotatable bonds is 8. The second kappa shape index (κ2) is 10.0. The number of ether oxygens (including phenoxy) is 1. The highest BCUT2D eigenvalue weighted by atomic mass is 35.5. The Morgan fingerprint density at radius 2 is 1.83 bits per heavy atom. The average molecular weight is 433 g/mol. The lowest BCUT2D eigenvalue weighted by atomic mass is 10.3. The second-order valence-electron chi connectivity index (χ2n) is 6.11. The minimum Gasteiger partial charge on any atom is -0.482 e. The number of anilines is 1. The number of halogens is 2. The van der Waals surface area contributed by atoms with Crippen LogP contribution in [0.5, 0.6) is 5.75 Å². The van der Waals surface area contributed by atoms with Gasteiger partial charge in [0.25, 0.3) is 5.91 Å². The van der Waals surface area contributed by atoms with Crippen LogP contribution in [-0.2, 0) is 16.1 Å². The molecule has 1 N–H and O–H groups in total. The van der Waals surface area contributed by atoms with Gasteiger partial charge in [0.2, 0.25) is 5.91 Å². The first-order valence-electron chi connectivity index (χ1n) is 8.74. The molecule has 3 rings (SSSR count). The Balaban J connectivity index is 1.65. The Kier molecular flexibility index (Phi) is 7.16. The first kappa shape index (κ1) is 20.8. The molecule has 0 aliphatic rings. The van der Waals surface area contributed by atoms with Crippen molar-refractivity contribution in [1.29, 1.82) is 0 Å². The van der Waals surface area contributed by atoms with Crippen molar-refractivity contribution >= 4 is 40.7 Å². The third-order valence-electron chi connectivity index (χ3n) is 3.92. The maximum atomic E-state index is 12.7. The number of hydrogen-bond donors (Lipinski definition) is 1. The molecule has 2 aromatic carbocycles. The zero-order chi connectivity index (χ0) is 20.6. The van der Waals surface area contributed by atoms with E-state index in [2.05, 4.69) is 5.32 Å². The van der Waals surface area contributed by atoms with Crippen molar-refractivity contribution in [3.8, 4) is 5.75 Å². The Morgan fingerprint density at radius 3 is 2.52 bits per heavy atom. The molecule has 2 amide bonds. The van der Waals surface area contributed by atoms with Crippen LogP contribution in [0.15, 0.2) is 71.3 Å². The molecular formula is C21H18Cl2N2O4. The van der Waals surface area contributed by atoms with E-state index in [1.807, 2.05) is 18.2 Å². The van der Waals surface area contributed by atoms with E-state index >= 15 is 0 Å². The third-order valence-corrected chi connectivity index (χ3v) is 4.45. The van der Waals surface area contributed by atoms with Crippen molar-refractivity contribution in [3.63, 3.8) is 0 Å². The first-order valence-corrected chi connectivity index (χ1v) is 9.50. The van der Waals surface area contributed by atoms with Crippen LogP contribution in [0, 0.1) is 0 Å². The molecule has 1 heterocycles. The molecule has 6 nitrogen and oxygen atoms in total. The summed E-state index contributed by atoms with van der Waals surface area (Å²) in [6.07, 6.45) is 1.51. The van der Waals surface area contributed by atoms with Crippen LogP contribution in [0.25, 0.3) is 0 Å². The quantitative estimate of drug-likeness (QED) is 0.562. The van der Waals surface area contributed by atoms with Gasteiger partial charge in [-0.25, -0.2) is 0 Å². The lowest BCUT2D eigenvalue weighted by Gasteiger charge is -2.21. The zero-order valence-electron chi connectivity index (χ0n) is 15.3. The van der Waals surface area contributed by atoms with Gasteiger partial charge < -0.3 is 19.4 Å². The molecule has 150 valence electrons. The molecule has 8 heteroatoms. The molecule has 0 aliphatic carbocycles. The zero-order valence-corrected chi connectivity index (χ0v) is 16.8. The van der Waals surface area contributed by atoms with Gasteiger partial charge in [0.15, 0.2) is 6.61 Å². The number of nitrogens with one attached hydrogen (secondary N) is 1. The molecule has 0 saturated carbocycles. The van der Waals surface area contributed by atoms with Crippen LogP contribution in [0.3, 0.4) is 0 Å². The van der Waals surface area contributed by atoms with Gasteiger partial charge in [-0.3, -0.25) is 9.59 Å². The summed E-state index contributed by atoms with van der Waals surface area (Å²) in [6.45, 7) is -0.321. The molecule has 0 fully saturated rings. The van der Waals surface area contributed by atoms with Gasteiger partial charge in [-0.2, -0.15) is 0 Å². The van der Waals surface area contributed by atoms with Crippen LogP contribution in [0.2, 0.25) is 10.0 Å². The van der Waals surface area contributed by atoms with Gasteiger partial charge in [0.05, 0.1) is 17.8 Å². The van der Waals surface area contributed by atoms with Crippen molar-refractivity contribution < 1.29 is 18.7 Å². The standard InChI is InChI=1S/C21H18Cl2N2O4/c22-15-8-9-19(18(23)11-15)29-14-21(27)25(12-17-7-4-10-28-17)13-20(26)24-16-5-2-1-3-6-16/h1-11H,12-14H2,(H,24,26). The second-order valence-corrected chi connectivity index (χ2v) is 6.95. The molecule has 0 aliphatic heterocycles. The van der Waals surface area contributed by atoms with Gasteiger partial charge in [-0.05, 0) is 42.5 Å². The molecule has 29 heavy (non-hydrogen) atoms. The Bertz CT molecular complexity index is 962. The number of para-hydroxylation sites is 1. The highest BCUT2D eigenvalue weighted by Crippen LogP contribution is 2.27. The van der Waals surface area contributed by atoms with E-state index in [4.69, 9.17) is 32.4 Å². The Labute approximate surface area is 178 Å². The number of furan rings is 1. The van der Waals surface area contributed by atoms with Crippen LogP contribution < -0.4 is 10.1 Å². The largest absolute Gasteiger partial charge is 0.482 e. The SMILES string of the molecule is O=C(CN(Cc1ccco1)C(=O)COc1ccc(Cl)cc1Cl)Nc1ccccc1. The molecule has 0 unspecified atom stereocenters. The van der Waals surface area contributed by atoms with Crippen LogP contribution in [-0.4, -0.2) is 29.9 Å². The minimum absolute atomic E-state index is 0.131. The van der Waals surface area contributed by atoms with Crippen LogP contribution in [0.1, 0.15) is 5.76 Å². The van der Waals surface area contributed by atoms with Crippen molar-refractivity contribution in [1.82, 2.24) is 4.90 Å². The smallest absolute Gasteiger partial charge is 0.261 e. The summed E-state index contributed by atoms with van der Waals surface area (Å²) in [5.41, 5.74) is 0.645. The van der Waals surface area contributed by atoms with Crippen molar-refractivity contribution in [2.24, 2.45) is 0 Å². The summed E-state index contributed by atoms with van der Waals surface area (Å²) in [4.78, 5) is 26.5. The summed E-state index contributed by atoms with van der Waals surface area (Å²) in [5.74, 6) is 0.155. The topological polar surface area (TPSA) is 71.8 Å². The van der Waals surface area contributed by atoms with E-state index in [1.54, 1.807) is 36.4 Å². The molecule has 0 radical (unpaired) electrons. The predicted molar refractivity (Wildman–Crippen MR) is 111 cm³/mol. The molecule has 1 aromatic heterocycles. The number of benzene rings is 2. The highest BCUT2D eigenvalue weighted by Gasteiger charge is 2.20. The molecule has 0 bridgehead atoms. The molecule has 0 spiro atoms. The maximum Gasteiger partial charge on any atom is 0.261 e. The van der Waals surface area contributed by atoms with E-state index in [0.29, 0.717) is 27.2 Å². The summed E-state index contributed by atoms with van der Waals surface area (Å²) in [5, 5.41) is 3.52. The Morgan fingerprint density at radius 1 is 1.03 bits per heavy atom. The van der Waals surface area contributed by atoms with E-state index < -0.39 is 5.91 Å². The summed E-state index contributed by atoms with van der Waals surface area (Å²) in [7, 11) is 0. The number of hydrogen-bond acceptors (Lipinski definition) is 4. The predicted octanol–water partition coefficient (Wildman–Crippen LogP) is 4.63. The van der Waals surface area contributed by atoms with Gasteiger partial charge in [0.1, 0.15) is 18.1 Å². The summed E-state index contributed by atoms with van der Waals surface area (Å²) in [6, 6.07) is 17.2. The van der Waals surface area contributed by atoms with Gasteiger partial charge >= 0.3 is 0 Å². The van der Waals surface area contributed by atoms with Crippen LogP contribution in [0.4, 0.5) is 5.69 Å². The molecule has 0 atom stereocenters. The minimum atomic E-state index is -0.393.